The van der Waals surface area contributed by atoms with Crippen molar-refractivity contribution in [3.63, 3.8) is 0 Å². The van der Waals surface area contributed by atoms with E-state index in [1.807, 2.05) is 117 Å². The van der Waals surface area contributed by atoms with E-state index in [1.54, 1.807) is 6.92 Å². The number of rotatable bonds is 35. The van der Waals surface area contributed by atoms with Gasteiger partial charge < -0.3 is 72.9 Å². The number of carbonyl (C=O) groups is 10. The average molecular weight is 2140 g/mol. The highest BCUT2D eigenvalue weighted by Crippen LogP contribution is 2.54. The van der Waals surface area contributed by atoms with Crippen LogP contribution in [0.4, 0.5) is 0 Å². The van der Waals surface area contributed by atoms with Gasteiger partial charge >= 0.3 is 59.7 Å². The maximum absolute atomic E-state index is 13.6. The van der Waals surface area contributed by atoms with Crippen LogP contribution >= 0.6 is 0 Å². The number of aliphatic hydroxyl groups excluding tert-OH is 5. The van der Waals surface area contributed by atoms with Crippen LogP contribution in [0.3, 0.4) is 0 Å². The van der Waals surface area contributed by atoms with Crippen LogP contribution in [-0.2, 0) is 95.3 Å². The van der Waals surface area contributed by atoms with E-state index in [0.29, 0.717) is 96.3 Å². The van der Waals surface area contributed by atoms with Crippen LogP contribution < -0.4 is 0 Å². The Kier molecular flexibility index (Phi) is 25.9. The predicted octanol–water partition coefficient (Wildman–Crippen LogP) is 22.9. The molecule has 840 valence electrons. The van der Waals surface area contributed by atoms with Crippen LogP contribution in [0.2, 0.25) is 0 Å². The monoisotopic (exact) mass is 2140 g/mol. The lowest BCUT2D eigenvalue weighted by molar-refractivity contribution is -0.166. The number of aliphatic hydroxyl groups is 5. The molecule has 0 aromatic heterocycles. The highest BCUT2D eigenvalue weighted by atomic mass is 16.6. The van der Waals surface area contributed by atoms with Crippen LogP contribution in [-0.4, -0.2) is 184 Å². The summed E-state index contributed by atoms with van der Waals surface area (Å²) >= 11 is 0. The number of fused-ring (bicyclic) bond motifs is 5. The second-order valence-electron chi connectivity index (χ2n) is 45.7. The van der Waals surface area contributed by atoms with Gasteiger partial charge in [0.05, 0.1) is 89.5 Å². The molecular formula is C125H190O25. The molecule has 8 unspecified atom stereocenters. The molecular weight excluding hydrogens is 1900 g/mol. The number of allylic oxidation sites excluding steroid dienone is 15. The van der Waals surface area contributed by atoms with Gasteiger partial charge in [-0.15, -0.1) is 0 Å². The van der Waals surface area contributed by atoms with Crippen LogP contribution in [0, 0.1) is 145 Å². The Labute approximate surface area is 960 Å². The number of esters is 10. The maximum atomic E-state index is 13.6. The van der Waals surface area contributed by atoms with Crippen molar-refractivity contribution >= 4 is 59.7 Å². The summed E-state index contributed by atoms with van der Waals surface area (Å²) in [5.41, 5.74) is -7.47. The van der Waals surface area contributed by atoms with E-state index in [0.717, 1.165) is 41.7 Å². The summed E-state index contributed by atoms with van der Waals surface area (Å²) in [5.74, 6) is -12.9. The van der Waals surface area contributed by atoms with Gasteiger partial charge in [-0.1, -0.05) is 195 Å². The zero-order valence-electron chi connectivity index (χ0n) is 135. The summed E-state index contributed by atoms with van der Waals surface area (Å²) < 4.78 is 407. The van der Waals surface area contributed by atoms with E-state index in [1.165, 1.54) is 27.7 Å². The molecule has 0 aromatic carbocycles. The van der Waals surface area contributed by atoms with Crippen molar-refractivity contribution in [2.45, 2.75) is 456 Å². The lowest BCUT2D eigenvalue weighted by Gasteiger charge is -2.44. The van der Waals surface area contributed by atoms with Crippen LogP contribution in [0.25, 0.3) is 0 Å². The molecule has 5 N–H and O–H groups in total. The van der Waals surface area contributed by atoms with E-state index in [4.69, 9.17) is 109 Å². The Morgan fingerprint density at radius 3 is 0.693 bits per heavy atom. The van der Waals surface area contributed by atoms with Crippen LogP contribution in [0.1, 0.15) is 420 Å². The summed E-state index contributed by atoms with van der Waals surface area (Å²) in [4.78, 5) is 128. The number of carbonyl (C=O) groups excluding carboxylic acids is 10. The van der Waals surface area contributed by atoms with E-state index in [9.17, 15) is 47.9 Å². The third-order valence-electron chi connectivity index (χ3n) is 32.7. The first-order valence-electron chi connectivity index (χ1n) is 75.8. The molecule has 25 heteroatoms. The standard InChI is InChI=1S/5C25H38O5/c5*1-6-25(4,5)24(28)30-21-12-15(2)11-17-8-7-16(3)20(23(17)21)10-9-19-13-18(26)14-22(27)29-19/h5*7-8,11,15-16,18-21,23,26H,6,9-10,12-14H2,1-5H3/t5*15-,16-,18+,19?,20-,21-,23-/m00000/s1/i2*1D3,4D3,6D2,14D2,26D;4D3,5D3,14D2,26D;1D3,6D2,14D2,26D;4D3,14D2,26D/t2*15-,16-,18+,19?,20-,21-,23-,25?;2m;15-,16-,18+,19?,20-,21-,23-,25?. The first-order valence-corrected chi connectivity index (χ1v) is 53.8. The molecule has 15 aliphatic rings. The molecule has 5 saturated heterocycles. The molecule has 150 heavy (non-hydrogen) atoms. The number of hydrogen-bond donors (Lipinski definition) is 5. The minimum atomic E-state index is -3.42. The lowest BCUT2D eigenvalue weighted by atomic mass is 9.65. The molecule has 0 bridgehead atoms. The predicted molar refractivity (Wildman–Crippen MR) is 577 cm³/mol. The highest BCUT2D eigenvalue weighted by Gasteiger charge is 2.52. The second-order valence-corrected chi connectivity index (χ2v) is 45.7. The van der Waals surface area contributed by atoms with Gasteiger partial charge in [-0.25, -0.2) is 0 Å². The first-order chi connectivity index (χ1) is 89.1. The molecule has 0 saturated carbocycles. The zero-order chi connectivity index (χ0) is 148. The maximum Gasteiger partial charge on any atom is 0.311 e. The SMILES string of the molecule is [2H]O[C@@H]1CC(CC[C@@H]2[C@@H]3C(=C[C@H](C)C[C@@H]3OC(=O)C(C)(C([2H])([2H])[2H])C([2H])([2H])C([2H])([2H])[2H])C=C[C@@H]2C)OC(=O)C1([2H])[2H].[2H]O[C@@H]1CC(CC[C@@H]2[C@@H]3C(=C[C@H](C)C[C@@H]3OC(=O)C(C)(C([2H])([2H])[2H])C([2H])([2H])C([2H])([2H])[2H])C=C[C@@H]2C)OC(=O)C1([2H])[2H].[2H]O[C@@H]1CC(CC[C@@H]2[C@@H]3C(=C[C@H](C)C[C@@H]3OC(=O)C(C)(C)C([2H])([2H])C([2H])([2H])[2H])C=C[C@@H]2C)OC(=O)C1([2H])[2H].[2H]O[C@@H]1CC(CC[C@@H]2[C@@H]3C(=C[C@H](C)C[C@@H]3OC(=O)C(C)(CC)C([2H])([2H])[2H])C=C[C@@H]2C)OC(=O)C1([2H])[2H].[2H]O[C@@H]1CC(CC[C@@H]2[C@@H]3C(=C[C@H](C)C[C@@H]3OC(=O)C(CC)(C([2H])([2H])[2H])C([2H])([2H])[2H])C=C[C@@H]2C)OC(=O)C1([2H])[2H]. The third-order valence-corrected chi connectivity index (χ3v) is 32.7. The zero-order valence-corrected chi connectivity index (χ0v) is 89.6. The van der Waals surface area contributed by atoms with Gasteiger partial charge in [0.25, 0.3) is 0 Å². The van der Waals surface area contributed by atoms with Gasteiger partial charge in [0.1, 0.15) is 61.0 Å². The Bertz CT molecular complexity index is 6640. The minimum absolute atomic E-state index is 0.000739. The van der Waals surface area contributed by atoms with E-state index < -0.39 is 302 Å². The summed E-state index contributed by atoms with van der Waals surface area (Å²) in [6.07, 6.45) is 1.94. The van der Waals surface area contributed by atoms with Crippen molar-refractivity contribution in [3.05, 3.63) is 119 Å². The lowest BCUT2D eigenvalue weighted by Crippen LogP contribution is -2.43. The molecule has 5 aliphatic heterocycles. The fraction of sp³-hybridized carbons (Fsp3) is 0.760. The normalized spacial score (nSPS) is 44.5. The van der Waals surface area contributed by atoms with Crippen molar-refractivity contribution in [3.8, 4) is 0 Å². The molecule has 5 heterocycles. The molecule has 5 fully saturated rings. The van der Waals surface area contributed by atoms with Gasteiger partial charge in [0.15, 0.2) is 0 Å². The van der Waals surface area contributed by atoms with E-state index in [-0.39, 0.29) is 145 Å². The van der Waals surface area contributed by atoms with Gasteiger partial charge in [-0.3, -0.25) is 47.9 Å². The van der Waals surface area contributed by atoms with Crippen molar-refractivity contribution in [2.75, 3.05) is 0 Å². The number of ether oxygens (including phenoxy) is 10. The molecule has 0 amide bonds. The van der Waals surface area contributed by atoms with E-state index in [2.05, 4.69) is 68.9 Å². The van der Waals surface area contributed by atoms with Crippen molar-refractivity contribution < 1.29 is 176 Å². The highest BCUT2D eigenvalue weighted by molar-refractivity contribution is 5.79. The molecule has 15 rings (SSSR count). The number of cyclic esters (lactones) is 5. The molecule has 0 radical (unpaired) electrons. The Hall–Kier alpha value is -8.10. The number of hydrogen-bond acceptors (Lipinski definition) is 25. The Morgan fingerprint density at radius 2 is 0.500 bits per heavy atom. The van der Waals surface area contributed by atoms with Gasteiger partial charge in [0, 0.05) is 117 Å². The van der Waals surface area contributed by atoms with Crippen LogP contribution in [0.15, 0.2) is 119 Å². The van der Waals surface area contributed by atoms with Gasteiger partial charge in [0.2, 0.25) is 7.16 Å². The topological polar surface area (TPSA) is 364 Å². The third kappa shape index (κ3) is 32.8. The minimum Gasteiger partial charge on any atom is -0.462 e. The van der Waals surface area contributed by atoms with Crippen molar-refractivity contribution in [1.82, 2.24) is 0 Å². The molecule has 0 spiro atoms. The van der Waals surface area contributed by atoms with E-state index >= 15 is 0 Å². The molecule has 0 aromatic rings. The summed E-state index contributed by atoms with van der Waals surface area (Å²) in [6.45, 7) is 3.15. The Morgan fingerprint density at radius 1 is 0.307 bits per heavy atom. The molecule has 25 nitrogen and oxygen atoms in total. The quantitative estimate of drug-likeness (QED) is 0.0291. The Balaban J connectivity index is 0.000000225. The van der Waals surface area contributed by atoms with Crippen molar-refractivity contribution in [2.24, 2.45) is 145 Å². The fourth-order valence-electron chi connectivity index (χ4n) is 23.9. The molecule has 10 aliphatic carbocycles. The average Bonchev–Trinajstić information content (AvgIpc) is 0.721. The first kappa shape index (κ1) is 72.7. The fourth-order valence-corrected chi connectivity index (χ4v) is 23.9. The second kappa shape index (κ2) is 53.6. The van der Waals surface area contributed by atoms with Crippen molar-refractivity contribution in [1.29, 1.82) is 7.16 Å². The molecule has 38 atom stereocenters. The summed E-state index contributed by atoms with van der Waals surface area (Å²) in [6, 6.07) is 0. The van der Waals surface area contributed by atoms with Gasteiger partial charge in [-0.2, -0.15) is 0 Å². The summed E-state index contributed by atoms with van der Waals surface area (Å²) in [7, 11) is 0. The summed E-state index contributed by atoms with van der Waals surface area (Å²) in [5, 5.41) is 22.4. The van der Waals surface area contributed by atoms with Gasteiger partial charge in [-0.05, 0) is 314 Å². The van der Waals surface area contributed by atoms with Crippen LogP contribution in [0.5, 0.6) is 0 Å². The smallest absolute Gasteiger partial charge is 0.311 e. The largest absolute Gasteiger partial charge is 0.462 e.